The third-order valence-electron chi connectivity index (χ3n) is 4.30. The molecule has 6 heteroatoms. The Morgan fingerprint density at radius 3 is 2.65 bits per heavy atom. The highest BCUT2D eigenvalue weighted by molar-refractivity contribution is 5.95. The zero-order chi connectivity index (χ0) is 18.9. The van der Waals surface area contributed by atoms with Crippen molar-refractivity contribution in [3.05, 3.63) is 41.1 Å². The van der Waals surface area contributed by atoms with Crippen molar-refractivity contribution < 1.29 is 19.1 Å². The summed E-state index contributed by atoms with van der Waals surface area (Å²) < 4.78 is 10.7. The van der Waals surface area contributed by atoms with Crippen molar-refractivity contribution >= 4 is 12.0 Å². The average molecular weight is 360 g/mol. The second-order valence-electron chi connectivity index (χ2n) is 6.29. The van der Waals surface area contributed by atoms with Gasteiger partial charge in [-0.3, -0.25) is 0 Å². The summed E-state index contributed by atoms with van der Waals surface area (Å²) in [5.74, 6) is 0.286. The van der Waals surface area contributed by atoms with Gasteiger partial charge in [-0.25, -0.2) is 9.59 Å². The molecule has 0 bridgehead atoms. The molecule has 2 rings (SSSR count). The summed E-state index contributed by atoms with van der Waals surface area (Å²) in [6.07, 6.45) is 4.50. The van der Waals surface area contributed by atoms with Gasteiger partial charge in [0.2, 0.25) is 0 Å². The van der Waals surface area contributed by atoms with Gasteiger partial charge < -0.3 is 20.1 Å². The first-order chi connectivity index (χ1) is 12.6. The number of benzene rings is 1. The molecule has 0 aliphatic carbocycles. The number of nitrogens with one attached hydrogen (secondary N) is 2. The van der Waals surface area contributed by atoms with Crippen LogP contribution in [0.3, 0.4) is 0 Å². The summed E-state index contributed by atoms with van der Waals surface area (Å²) >= 11 is 0. The van der Waals surface area contributed by atoms with E-state index in [0.717, 1.165) is 37.0 Å². The van der Waals surface area contributed by atoms with Crippen molar-refractivity contribution in [2.24, 2.45) is 0 Å². The molecule has 0 aromatic heterocycles. The molecule has 1 aliphatic heterocycles. The molecule has 1 atom stereocenters. The Kier molecular flexibility index (Phi) is 7.51. The molecule has 1 aliphatic rings. The minimum Gasteiger partial charge on any atom is -0.494 e. The number of hydrogen-bond donors (Lipinski definition) is 2. The van der Waals surface area contributed by atoms with Crippen LogP contribution in [0.5, 0.6) is 5.75 Å². The molecular formula is C20H28N2O4. The summed E-state index contributed by atoms with van der Waals surface area (Å²) in [6, 6.07) is 6.62. The standard InChI is InChI=1S/C20H28N2O4/c1-4-6-11-16-17(19(23)25-3)18(22-20(24)21-16)14-9-8-10-15(13-14)26-12-7-5-2/h8-10,13,18H,4-7,11-12H2,1-3H3,(H2,21,22,24). The lowest BCUT2D eigenvalue weighted by Crippen LogP contribution is -2.45. The van der Waals surface area contributed by atoms with Crippen LogP contribution < -0.4 is 15.4 Å². The normalized spacial score (nSPS) is 16.7. The number of carbonyl (C=O) groups excluding carboxylic acids is 2. The van der Waals surface area contributed by atoms with E-state index in [1.165, 1.54) is 7.11 Å². The number of urea groups is 1. The number of allylic oxidation sites excluding steroid dienone is 1. The monoisotopic (exact) mass is 360 g/mol. The highest BCUT2D eigenvalue weighted by Crippen LogP contribution is 2.31. The lowest BCUT2D eigenvalue weighted by molar-refractivity contribution is -0.136. The molecule has 1 aromatic carbocycles. The summed E-state index contributed by atoms with van der Waals surface area (Å²) in [6.45, 7) is 4.81. The van der Waals surface area contributed by atoms with Gasteiger partial charge in [-0.1, -0.05) is 38.8 Å². The molecule has 0 saturated carbocycles. The van der Waals surface area contributed by atoms with Gasteiger partial charge in [0.1, 0.15) is 5.75 Å². The summed E-state index contributed by atoms with van der Waals surface area (Å²) in [7, 11) is 1.35. The number of carbonyl (C=O) groups is 2. The van der Waals surface area contributed by atoms with Crippen LogP contribution in [0.25, 0.3) is 0 Å². The van der Waals surface area contributed by atoms with E-state index in [1.807, 2.05) is 24.3 Å². The van der Waals surface area contributed by atoms with Gasteiger partial charge in [0.15, 0.2) is 0 Å². The lowest BCUT2D eigenvalue weighted by Gasteiger charge is -2.29. The molecule has 142 valence electrons. The maximum Gasteiger partial charge on any atom is 0.337 e. The molecule has 1 unspecified atom stereocenters. The predicted molar refractivity (Wildman–Crippen MR) is 99.8 cm³/mol. The fraction of sp³-hybridized carbons (Fsp3) is 0.500. The Bertz CT molecular complexity index is 670. The fourth-order valence-electron chi connectivity index (χ4n) is 2.89. The van der Waals surface area contributed by atoms with Crippen LogP contribution in [0.15, 0.2) is 35.5 Å². The molecule has 0 fully saturated rings. The molecule has 0 spiro atoms. The minimum absolute atomic E-state index is 0.314. The smallest absolute Gasteiger partial charge is 0.337 e. The molecule has 6 nitrogen and oxygen atoms in total. The maximum atomic E-state index is 12.4. The molecule has 1 heterocycles. The van der Waals surface area contributed by atoms with Gasteiger partial charge in [0.05, 0.1) is 25.3 Å². The van der Waals surface area contributed by atoms with Crippen LogP contribution in [0.4, 0.5) is 4.79 Å². The SMILES string of the molecule is CCCCOc1cccc(C2NC(=O)NC(CCCC)=C2C(=O)OC)c1. The molecule has 2 amide bonds. The van der Waals surface area contributed by atoms with Crippen molar-refractivity contribution in [2.45, 2.75) is 52.0 Å². The molecule has 2 N–H and O–H groups in total. The number of rotatable bonds is 9. The third-order valence-corrected chi connectivity index (χ3v) is 4.30. The zero-order valence-electron chi connectivity index (χ0n) is 15.8. The second kappa shape index (κ2) is 9.85. The number of unbranched alkanes of at least 4 members (excludes halogenated alkanes) is 2. The van der Waals surface area contributed by atoms with Crippen molar-refractivity contribution in [1.29, 1.82) is 0 Å². The first kappa shape index (κ1) is 19.8. The van der Waals surface area contributed by atoms with Crippen LogP contribution in [0.2, 0.25) is 0 Å². The largest absolute Gasteiger partial charge is 0.494 e. The van der Waals surface area contributed by atoms with Crippen LogP contribution in [0, 0.1) is 0 Å². The van der Waals surface area contributed by atoms with Crippen molar-refractivity contribution in [3.63, 3.8) is 0 Å². The van der Waals surface area contributed by atoms with Crippen molar-refractivity contribution in [1.82, 2.24) is 10.6 Å². The van der Waals surface area contributed by atoms with E-state index in [9.17, 15) is 9.59 Å². The van der Waals surface area contributed by atoms with Crippen LogP contribution >= 0.6 is 0 Å². The Labute approximate surface area is 154 Å². The van der Waals surface area contributed by atoms with E-state index >= 15 is 0 Å². The average Bonchev–Trinajstić information content (AvgIpc) is 2.65. The van der Waals surface area contributed by atoms with Gasteiger partial charge in [0.25, 0.3) is 0 Å². The summed E-state index contributed by atoms with van der Waals surface area (Å²) in [5.41, 5.74) is 1.87. The first-order valence-electron chi connectivity index (χ1n) is 9.22. The Morgan fingerprint density at radius 1 is 1.19 bits per heavy atom. The number of amides is 2. The topological polar surface area (TPSA) is 76.7 Å². The molecule has 0 radical (unpaired) electrons. The molecule has 0 saturated heterocycles. The van der Waals surface area contributed by atoms with E-state index in [-0.39, 0.29) is 6.03 Å². The van der Waals surface area contributed by atoms with E-state index in [0.29, 0.717) is 24.3 Å². The van der Waals surface area contributed by atoms with E-state index < -0.39 is 12.0 Å². The van der Waals surface area contributed by atoms with Gasteiger partial charge in [-0.05, 0) is 37.0 Å². The maximum absolute atomic E-state index is 12.4. The lowest BCUT2D eigenvalue weighted by atomic mass is 9.93. The minimum atomic E-state index is -0.558. The van der Waals surface area contributed by atoms with E-state index in [4.69, 9.17) is 9.47 Å². The first-order valence-corrected chi connectivity index (χ1v) is 9.22. The van der Waals surface area contributed by atoms with E-state index in [1.54, 1.807) is 0 Å². The predicted octanol–water partition coefficient (Wildman–Crippen LogP) is 3.84. The number of ether oxygens (including phenoxy) is 2. The summed E-state index contributed by atoms with van der Waals surface area (Å²) in [4.78, 5) is 24.6. The zero-order valence-corrected chi connectivity index (χ0v) is 15.8. The second-order valence-corrected chi connectivity index (χ2v) is 6.29. The van der Waals surface area contributed by atoms with Crippen molar-refractivity contribution in [3.8, 4) is 5.75 Å². The third kappa shape index (κ3) is 5.00. The Morgan fingerprint density at radius 2 is 1.96 bits per heavy atom. The van der Waals surface area contributed by atoms with Crippen LogP contribution in [-0.4, -0.2) is 25.7 Å². The highest BCUT2D eigenvalue weighted by atomic mass is 16.5. The van der Waals surface area contributed by atoms with Crippen LogP contribution in [-0.2, 0) is 9.53 Å². The molecule has 26 heavy (non-hydrogen) atoms. The quantitative estimate of drug-likeness (QED) is 0.518. The Balaban J connectivity index is 2.36. The molecular weight excluding hydrogens is 332 g/mol. The Hall–Kier alpha value is -2.50. The van der Waals surface area contributed by atoms with Gasteiger partial charge in [-0.15, -0.1) is 0 Å². The van der Waals surface area contributed by atoms with E-state index in [2.05, 4.69) is 24.5 Å². The number of hydrogen-bond acceptors (Lipinski definition) is 4. The fourth-order valence-corrected chi connectivity index (χ4v) is 2.89. The number of esters is 1. The highest BCUT2D eigenvalue weighted by Gasteiger charge is 2.33. The molecule has 1 aromatic rings. The van der Waals surface area contributed by atoms with Crippen molar-refractivity contribution in [2.75, 3.05) is 13.7 Å². The number of methoxy groups -OCH3 is 1. The summed E-state index contributed by atoms with van der Waals surface area (Å²) in [5, 5.41) is 5.60. The van der Waals surface area contributed by atoms with Gasteiger partial charge >= 0.3 is 12.0 Å². The van der Waals surface area contributed by atoms with Gasteiger partial charge in [0, 0.05) is 5.70 Å². The van der Waals surface area contributed by atoms with Gasteiger partial charge in [-0.2, -0.15) is 0 Å². The van der Waals surface area contributed by atoms with Crippen LogP contribution in [0.1, 0.15) is 57.6 Å².